The van der Waals surface area contributed by atoms with Crippen LogP contribution < -0.4 is 0 Å². The Balaban J connectivity index is 1.57. The number of allylic oxidation sites excluding steroid dienone is 4. The lowest BCUT2D eigenvalue weighted by atomic mass is 9.46. The van der Waals surface area contributed by atoms with E-state index in [-0.39, 0.29) is 41.1 Å². The number of hydrogen-bond donors (Lipinski definition) is 1. The number of esters is 1. The highest BCUT2D eigenvalue weighted by Gasteiger charge is 2.72. The lowest BCUT2D eigenvalue weighted by Gasteiger charge is -2.60. The lowest BCUT2D eigenvalue weighted by Crippen LogP contribution is -2.64. The van der Waals surface area contributed by atoms with Crippen molar-refractivity contribution < 1.29 is 24.2 Å². The summed E-state index contributed by atoms with van der Waals surface area (Å²) < 4.78 is 6.24. The van der Waals surface area contributed by atoms with E-state index in [1.54, 1.807) is 36.4 Å². The summed E-state index contributed by atoms with van der Waals surface area (Å²) in [5.41, 5.74) is -1.09. The van der Waals surface area contributed by atoms with Gasteiger partial charge in [0.25, 0.3) is 0 Å². The van der Waals surface area contributed by atoms with Crippen molar-refractivity contribution in [2.24, 2.45) is 34.5 Å². The van der Waals surface area contributed by atoms with E-state index in [2.05, 4.69) is 6.92 Å². The molecule has 1 aromatic carbocycles. The molecule has 1 aromatic rings. The van der Waals surface area contributed by atoms with Crippen molar-refractivity contribution in [3.63, 3.8) is 0 Å². The van der Waals surface area contributed by atoms with Gasteiger partial charge >= 0.3 is 5.97 Å². The van der Waals surface area contributed by atoms with Crippen LogP contribution in [0, 0.1) is 34.5 Å². The van der Waals surface area contributed by atoms with Gasteiger partial charge in [-0.05, 0) is 61.8 Å². The highest BCUT2D eigenvalue weighted by Crippen LogP contribution is 2.69. The number of Topliss-reactive ketones (excluding diaryl/α,β-unsaturated/α-hetero) is 1. The molecule has 0 saturated heterocycles. The van der Waals surface area contributed by atoms with Crippen molar-refractivity contribution in [2.75, 3.05) is 5.88 Å². The summed E-state index contributed by atoms with van der Waals surface area (Å²) >= 11 is 6.16. The van der Waals surface area contributed by atoms with Crippen molar-refractivity contribution >= 4 is 29.1 Å². The first-order valence-electron chi connectivity index (χ1n) is 12.6. The van der Waals surface area contributed by atoms with E-state index in [4.69, 9.17) is 16.3 Å². The molecule has 3 fully saturated rings. The fraction of sp³-hybridized carbons (Fsp3) is 0.552. The minimum absolute atomic E-state index is 0.0000941. The molecule has 4 aliphatic rings. The molecule has 8 atom stereocenters. The van der Waals surface area contributed by atoms with E-state index in [0.29, 0.717) is 18.4 Å². The third-order valence-corrected chi connectivity index (χ3v) is 10.1. The van der Waals surface area contributed by atoms with Crippen molar-refractivity contribution in [1.82, 2.24) is 0 Å². The Kier molecular flexibility index (Phi) is 5.88. The monoisotopic (exact) mass is 496 g/mol. The summed E-state index contributed by atoms with van der Waals surface area (Å²) in [5.74, 6) is -1.19. The van der Waals surface area contributed by atoms with E-state index in [1.807, 2.05) is 26.0 Å². The summed E-state index contributed by atoms with van der Waals surface area (Å²) in [5, 5.41) is 11.7. The van der Waals surface area contributed by atoms with Crippen LogP contribution in [0.2, 0.25) is 0 Å². The van der Waals surface area contributed by atoms with Crippen LogP contribution in [0.25, 0.3) is 0 Å². The second kappa shape index (κ2) is 8.41. The predicted molar refractivity (Wildman–Crippen MR) is 133 cm³/mol. The molecule has 0 bridgehead atoms. The molecule has 0 aromatic heterocycles. The summed E-state index contributed by atoms with van der Waals surface area (Å²) in [4.78, 5) is 39.0. The Morgan fingerprint density at radius 2 is 1.91 bits per heavy atom. The second-order valence-corrected chi connectivity index (χ2v) is 11.7. The Bertz CT molecular complexity index is 1130. The molecule has 0 heterocycles. The van der Waals surface area contributed by atoms with Crippen molar-refractivity contribution in [1.29, 1.82) is 0 Å². The van der Waals surface area contributed by atoms with E-state index in [9.17, 15) is 19.5 Å². The number of benzene rings is 1. The van der Waals surface area contributed by atoms with Gasteiger partial charge in [0.1, 0.15) is 0 Å². The molecule has 0 unspecified atom stereocenters. The van der Waals surface area contributed by atoms with Gasteiger partial charge in [0.05, 0.1) is 17.5 Å². The summed E-state index contributed by atoms with van der Waals surface area (Å²) in [6.07, 6.45) is 7.26. The maximum Gasteiger partial charge on any atom is 0.339 e. The molecule has 3 saturated carbocycles. The molecule has 4 aliphatic carbocycles. The number of fused-ring (bicyclic) bond motifs is 5. The number of hydrogen-bond acceptors (Lipinski definition) is 5. The Hall–Kier alpha value is -2.24. The number of ketones is 2. The fourth-order valence-corrected chi connectivity index (χ4v) is 8.59. The van der Waals surface area contributed by atoms with E-state index >= 15 is 0 Å². The zero-order chi connectivity index (χ0) is 25.2. The number of alkyl halides is 1. The SMILES string of the molecule is C[C@H]1C[C@H]2[C@@H]3CCC4=CC(=O)C=C[C@]4(C)[C@H]3[C@@H](O)C[C@]2(C)[C@@]1(OC(=O)c1ccccc1)C(=O)CCl. The van der Waals surface area contributed by atoms with E-state index in [0.717, 1.165) is 18.4 Å². The summed E-state index contributed by atoms with van der Waals surface area (Å²) in [6, 6.07) is 8.71. The van der Waals surface area contributed by atoms with Gasteiger partial charge in [0.2, 0.25) is 0 Å². The number of aliphatic hydroxyl groups excluding tert-OH is 1. The third kappa shape index (κ3) is 3.34. The molecule has 0 aliphatic heterocycles. The Morgan fingerprint density at radius 3 is 2.60 bits per heavy atom. The fourth-order valence-electron chi connectivity index (χ4n) is 8.39. The van der Waals surface area contributed by atoms with Gasteiger partial charge < -0.3 is 9.84 Å². The van der Waals surface area contributed by atoms with Crippen LogP contribution in [-0.2, 0) is 14.3 Å². The van der Waals surface area contributed by atoms with Crippen molar-refractivity contribution in [3.8, 4) is 0 Å². The van der Waals surface area contributed by atoms with Crippen LogP contribution in [-0.4, -0.2) is 40.2 Å². The molecule has 35 heavy (non-hydrogen) atoms. The minimum Gasteiger partial charge on any atom is -0.447 e. The first-order chi connectivity index (χ1) is 16.6. The smallest absolute Gasteiger partial charge is 0.339 e. The molecular weight excluding hydrogens is 464 g/mol. The molecule has 0 radical (unpaired) electrons. The Labute approximate surface area is 211 Å². The van der Waals surface area contributed by atoms with Crippen LogP contribution in [0.4, 0.5) is 0 Å². The van der Waals surface area contributed by atoms with Crippen molar-refractivity contribution in [3.05, 3.63) is 59.7 Å². The zero-order valence-electron chi connectivity index (χ0n) is 20.5. The molecule has 1 N–H and O–H groups in total. The van der Waals surface area contributed by atoms with Gasteiger partial charge in [-0.3, -0.25) is 9.59 Å². The normalized spacial score (nSPS) is 41.9. The van der Waals surface area contributed by atoms with Gasteiger partial charge in [0, 0.05) is 22.7 Å². The van der Waals surface area contributed by atoms with E-state index in [1.165, 1.54) is 0 Å². The van der Waals surface area contributed by atoms with E-state index < -0.39 is 28.5 Å². The maximum atomic E-state index is 13.6. The van der Waals surface area contributed by atoms with Gasteiger partial charge in [-0.2, -0.15) is 0 Å². The van der Waals surface area contributed by atoms with Crippen LogP contribution in [0.15, 0.2) is 54.1 Å². The third-order valence-electron chi connectivity index (χ3n) is 9.83. The average molecular weight is 497 g/mol. The van der Waals surface area contributed by atoms with Crippen LogP contribution in [0.5, 0.6) is 0 Å². The molecule has 0 amide bonds. The number of halogens is 1. The number of rotatable bonds is 4. The van der Waals surface area contributed by atoms with Gasteiger partial charge in [-0.1, -0.05) is 50.6 Å². The highest BCUT2D eigenvalue weighted by molar-refractivity contribution is 6.29. The highest BCUT2D eigenvalue weighted by atomic mass is 35.5. The first-order valence-corrected chi connectivity index (χ1v) is 13.1. The molecule has 5 nitrogen and oxygen atoms in total. The standard InChI is InChI=1S/C29H33ClO5/c1-17-13-22-21-10-9-19-14-20(31)11-12-27(19,2)25(21)23(32)15-28(22,3)29(17,24(33)16-30)35-26(34)18-7-5-4-6-8-18/h4-8,11-12,14,17,21-23,25,32H,9-10,13,15-16H2,1-3H3/t17-,21-,22-,23-,25+,27-,28-,29-/m0/s1. The number of ether oxygens (including phenoxy) is 1. The minimum atomic E-state index is -1.41. The largest absolute Gasteiger partial charge is 0.447 e. The summed E-state index contributed by atoms with van der Waals surface area (Å²) in [7, 11) is 0. The molecule has 5 rings (SSSR count). The summed E-state index contributed by atoms with van der Waals surface area (Å²) in [6.45, 7) is 6.11. The molecule has 6 heteroatoms. The van der Waals surface area contributed by atoms with Crippen molar-refractivity contribution in [2.45, 2.75) is 58.2 Å². The lowest BCUT2D eigenvalue weighted by molar-refractivity contribution is -0.181. The first kappa shape index (κ1) is 24.5. The number of carbonyl (C=O) groups is 3. The molecule has 0 spiro atoms. The van der Waals surface area contributed by atoms with Crippen LogP contribution in [0.3, 0.4) is 0 Å². The average Bonchev–Trinajstić information content (AvgIpc) is 3.06. The molecular formula is C29H33ClO5. The molecule has 186 valence electrons. The van der Waals surface area contributed by atoms with Crippen LogP contribution >= 0.6 is 11.6 Å². The van der Waals surface area contributed by atoms with Gasteiger partial charge in [-0.25, -0.2) is 4.79 Å². The number of carbonyl (C=O) groups excluding carboxylic acids is 3. The topological polar surface area (TPSA) is 80.7 Å². The second-order valence-electron chi connectivity index (χ2n) is 11.4. The number of aliphatic hydroxyl groups is 1. The quantitative estimate of drug-likeness (QED) is 0.473. The Morgan fingerprint density at radius 1 is 1.20 bits per heavy atom. The maximum absolute atomic E-state index is 13.6. The zero-order valence-corrected chi connectivity index (χ0v) is 21.3. The van der Waals surface area contributed by atoms with Gasteiger partial charge in [0.15, 0.2) is 17.2 Å². The predicted octanol–water partition coefficient (Wildman–Crippen LogP) is 4.91. The van der Waals surface area contributed by atoms with Gasteiger partial charge in [-0.15, -0.1) is 11.6 Å². The van der Waals surface area contributed by atoms with Crippen LogP contribution in [0.1, 0.15) is 56.8 Å².